The maximum Gasteiger partial charge on any atom is 0.267 e. The molecule has 9 nitrogen and oxygen atoms in total. The van der Waals surface area contributed by atoms with Crippen LogP contribution in [0.4, 0.5) is 5.69 Å². The fourth-order valence-corrected chi connectivity index (χ4v) is 4.91. The quantitative estimate of drug-likeness (QED) is 0.178. The van der Waals surface area contributed by atoms with Gasteiger partial charge in [0.1, 0.15) is 10.7 Å². The second-order valence-electron chi connectivity index (χ2n) is 6.99. The summed E-state index contributed by atoms with van der Waals surface area (Å²) in [6.07, 6.45) is 2.99. The van der Waals surface area contributed by atoms with Gasteiger partial charge in [-0.25, -0.2) is 4.98 Å². The highest BCUT2D eigenvalue weighted by molar-refractivity contribution is 7.99. The number of tetrazole rings is 1. The molecule has 0 saturated carbocycles. The fourth-order valence-electron chi connectivity index (χ4n) is 3.14. The Morgan fingerprint density at radius 1 is 1.00 bits per heavy atom. The molecule has 0 atom stereocenters. The first kappa shape index (κ1) is 23.3. The van der Waals surface area contributed by atoms with Crippen molar-refractivity contribution in [3.8, 4) is 5.69 Å². The number of para-hydroxylation sites is 1. The van der Waals surface area contributed by atoms with Crippen LogP contribution in [0.5, 0.6) is 0 Å². The molecule has 0 fully saturated rings. The summed E-state index contributed by atoms with van der Waals surface area (Å²) >= 11 is 19.5. The van der Waals surface area contributed by atoms with E-state index in [0.29, 0.717) is 26.5 Å². The molecule has 0 aliphatic carbocycles. The van der Waals surface area contributed by atoms with Gasteiger partial charge in [-0.05, 0) is 58.6 Å². The van der Waals surface area contributed by atoms with E-state index in [1.807, 2.05) is 30.3 Å². The molecule has 0 amide bonds. The van der Waals surface area contributed by atoms with E-state index in [-0.39, 0.29) is 21.2 Å². The number of pyridine rings is 1. The Morgan fingerprint density at radius 2 is 1.74 bits per heavy atom. The third-order valence-electron chi connectivity index (χ3n) is 4.74. The lowest BCUT2D eigenvalue weighted by Crippen LogP contribution is -2.21. The van der Waals surface area contributed by atoms with E-state index in [9.17, 15) is 4.79 Å². The largest absolute Gasteiger partial charge is 0.275 e. The van der Waals surface area contributed by atoms with Crippen molar-refractivity contribution in [2.75, 3.05) is 5.43 Å². The molecule has 5 aromatic rings. The molecule has 3 heterocycles. The minimum Gasteiger partial charge on any atom is -0.275 e. The van der Waals surface area contributed by atoms with Crippen LogP contribution in [0, 0.1) is 0 Å². The van der Waals surface area contributed by atoms with Crippen molar-refractivity contribution in [2.45, 2.75) is 10.2 Å². The van der Waals surface area contributed by atoms with Crippen molar-refractivity contribution in [1.82, 2.24) is 29.6 Å². The molecule has 0 unspecified atom stereocenters. The van der Waals surface area contributed by atoms with Crippen LogP contribution in [0.3, 0.4) is 0 Å². The van der Waals surface area contributed by atoms with Gasteiger partial charge in [0.2, 0.25) is 5.16 Å². The minimum atomic E-state index is -0.323. The van der Waals surface area contributed by atoms with Gasteiger partial charge in [-0.2, -0.15) is 9.78 Å². The maximum absolute atomic E-state index is 13.3. The lowest BCUT2D eigenvalue weighted by Gasteiger charge is -2.09. The molecule has 5 rings (SSSR count). The number of rotatable bonds is 6. The molecule has 1 N–H and O–H groups in total. The summed E-state index contributed by atoms with van der Waals surface area (Å²) in [4.78, 5) is 18.0. The smallest absolute Gasteiger partial charge is 0.267 e. The van der Waals surface area contributed by atoms with Gasteiger partial charge < -0.3 is 0 Å². The predicted octanol–water partition coefficient (Wildman–Crippen LogP) is 5.23. The Labute approximate surface area is 217 Å². The normalized spacial score (nSPS) is 11.4. The zero-order valence-corrected chi connectivity index (χ0v) is 20.6. The van der Waals surface area contributed by atoms with Gasteiger partial charge in [-0.3, -0.25) is 14.6 Å². The number of hydrogen-bond acceptors (Lipinski definition) is 8. The SMILES string of the molecule is O=c1c(/C=N/Nc2c(Cl)cc(Cl)cc2Cl)c(Sc2nnnn2-c2ccccc2)nc2ccccn12. The van der Waals surface area contributed by atoms with Gasteiger partial charge in [-0.15, -0.1) is 5.10 Å². The van der Waals surface area contributed by atoms with Gasteiger partial charge in [0.15, 0.2) is 0 Å². The molecule has 0 aliphatic rings. The average molecular weight is 544 g/mol. The molecule has 0 spiro atoms. The highest BCUT2D eigenvalue weighted by Gasteiger charge is 2.17. The Kier molecular flexibility index (Phi) is 6.69. The summed E-state index contributed by atoms with van der Waals surface area (Å²) in [5.41, 5.74) is 4.25. The summed E-state index contributed by atoms with van der Waals surface area (Å²) in [6.45, 7) is 0. The first-order valence-corrected chi connectivity index (χ1v) is 11.9. The van der Waals surface area contributed by atoms with E-state index in [4.69, 9.17) is 34.8 Å². The number of halogens is 3. The number of hydrazone groups is 1. The van der Waals surface area contributed by atoms with Gasteiger partial charge in [-0.1, -0.05) is 59.1 Å². The van der Waals surface area contributed by atoms with Gasteiger partial charge in [0.25, 0.3) is 5.56 Å². The standard InChI is InChI=1S/C22H13Cl3N8OS/c23-13-10-16(24)19(17(25)11-13)28-26-12-15-20(27-18-8-4-5-9-32(18)21(15)34)35-22-29-30-31-33(22)14-6-2-1-3-7-14/h1-12,28H/b26-12+. The van der Waals surface area contributed by atoms with Crippen LogP contribution in [0.15, 0.2) is 86.9 Å². The van der Waals surface area contributed by atoms with Crippen molar-refractivity contribution in [3.63, 3.8) is 0 Å². The molecule has 2 aromatic carbocycles. The molecule has 0 bridgehead atoms. The van der Waals surface area contributed by atoms with E-state index in [1.165, 1.54) is 22.7 Å². The van der Waals surface area contributed by atoms with E-state index < -0.39 is 0 Å². The van der Waals surface area contributed by atoms with Crippen molar-refractivity contribution in [3.05, 3.63) is 97.8 Å². The molecular formula is C22H13Cl3N8OS. The van der Waals surface area contributed by atoms with Gasteiger partial charge >= 0.3 is 0 Å². The van der Waals surface area contributed by atoms with Crippen LogP contribution in [0.1, 0.15) is 5.56 Å². The van der Waals surface area contributed by atoms with E-state index >= 15 is 0 Å². The minimum absolute atomic E-state index is 0.218. The molecule has 13 heteroatoms. The zero-order valence-electron chi connectivity index (χ0n) is 17.5. The van der Waals surface area contributed by atoms with E-state index in [1.54, 1.807) is 29.1 Å². The van der Waals surface area contributed by atoms with Crippen LogP contribution in [-0.4, -0.2) is 35.8 Å². The molecule has 35 heavy (non-hydrogen) atoms. The lowest BCUT2D eigenvalue weighted by atomic mass is 10.3. The first-order chi connectivity index (χ1) is 17.0. The van der Waals surface area contributed by atoms with Crippen molar-refractivity contribution in [1.29, 1.82) is 0 Å². The molecule has 0 radical (unpaired) electrons. The number of aromatic nitrogens is 6. The predicted molar refractivity (Wildman–Crippen MR) is 137 cm³/mol. The lowest BCUT2D eigenvalue weighted by molar-refractivity contribution is 0.755. The van der Waals surface area contributed by atoms with Crippen LogP contribution in [-0.2, 0) is 0 Å². The Bertz CT molecular complexity index is 1600. The van der Waals surface area contributed by atoms with Crippen molar-refractivity contribution >= 4 is 64.1 Å². The molecular weight excluding hydrogens is 531 g/mol. The van der Waals surface area contributed by atoms with Gasteiger partial charge in [0, 0.05) is 11.2 Å². The zero-order chi connectivity index (χ0) is 24.4. The number of fused-ring (bicyclic) bond motifs is 1. The average Bonchev–Trinajstić information content (AvgIpc) is 3.31. The van der Waals surface area contributed by atoms with E-state index in [2.05, 4.69) is 31.0 Å². The second-order valence-corrected chi connectivity index (χ2v) is 9.20. The molecule has 0 saturated heterocycles. The van der Waals surface area contributed by atoms with Crippen LogP contribution >= 0.6 is 46.6 Å². The third kappa shape index (κ3) is 4.87. The number of benzene rings is 2. The summed E-state index contributed by atoms with van der Waals surface area (Å²) in [5.74, 6) is 0. The molecule has 174 valence electrons. The van der Waals surface area contributed by atoms with Gasteiger partial charge in [0.05, 0.1) is 33.2 Å². The fraction of sp³-hybridized carbons (Fsp3) is 0. The monoisotopic (exact) mass is 542 g/mol. The Balaban J connectivity index is 1.56. The summed E-state index contributed by atoms with van der Waals surface area (Å²) < 4.78 is 2.99. The Morgan fingerprint density at radius 3 is 2.51 bits per heavy atom. The third-order valence-corrected chi connectivity index (χ3v) is 6.50. The maximum atomic E-state index is 13.3. The highest BCUT2D eigenvalue weighted by atomic mass is 35.5. The number of hydrogen-bond donors (Lipinski definition) is 1. The van der Waals surface area contributed by atoms with Crippen LogP contribution in [0.25, 0.3) is 11.3 Å². The van der Waals surface area contributed by atoms with Crippen LogP contribution in [0.2, 0.25) is 15.1 Å². The first-order valence-electron chi connectivity index (χ1n) is 9.98. The summed E-state index contributed by atoms with van der Waals surface area (Å²) in [6, 6.07) is 17.7. The second kappa shape index (κ2) is 10.0. The Hall–Kier alpha value is -3.44. The number of anilines is 1. The summed E-state index contributed by atoms with van der Waals surface area (Å²) in [7, 11) is 0. The molecule has 3 aromatic heterocycles. The number of nitrogens with one attached hydrogen (secondary N) is 1. The molecule has 0 aliphatic heterocycles. The van der Waals surface area contributed by atoms with E-state index in [0.717, 1.165) is 17.4 Å². The van der Waals surface area contributed by atoms with Crippen molar-refractivity contribution in [2.24, 2.45) is 5.10 Å². The number of nitrogens with zero attached hydrogens (tertiary/aromatic N) is 7. The highest BCUT2D eigenvalue weighted by Crippen LogP contribution is 2.33. The summed E-state index contributed by atoms with van der Waals surface area (Å²) in [5, 5.41) is 17.9. The van der Waals surface area contributed by atoms with Crippen LogP contribution < -0.4 is 11.0 Å². The van der Waals surface area contributed by atoms with Crippen molar-refractivity contribution < 1.29 is 0 Å². The topological polar surface area (TPSA) is 102 Å².